The van der Waals surface area contributed by atoms with Gasteiger partial charge in [-0.05, 0) is 30.4 Å². The van der Waals surface area contributed by atoms with Gasteiger partial charge in [-0.1, -0.05) is 0 Å². The van der Waals surface area contributed by atoms with Gasteiger partial charge in [0.25, 0.3) is 5.91 Å². The van der Waals surface area contributed by atoms with Crippen molar-refractivity contribution in [1.29, 1.82) is 0 Å². The highest BCUT2D eigenvalue weighted by Gasteiger charge is 2.28. The molecule has 3 rings (SSSR count). The number of rotatable bonds is 4. The van der Waals surface area contributed by atoms with E-state index in [1.165, 1.54) is 18.4 Å². The van der Waals surface area contributed by atoms with Crippen LogP contribution in [0.15, 0.2) is 23.7 Å². The average molecular weight is 305 g/mol. The second-order valence-corrected chi connectivity index (χ2v) is 5.82. The van der Waals surface area contributed by atoms with E-state index in [4.69, 9.17) is 10.5 Å². The van der Waals surface area contributed by atoms with Crippen molar-refractivity contribution in [2.24, 2.45) is 0 Å². The van der Waals surface area contributed by atoms with E-state index in [-0.39, 0.29) is 5.91 Å². The Balaban J connectivity index is 1.84. The van der Waals surface area contributed by atoms with Crippen LogP contribution in [-0.4, -0.2) is 23.6 Å². The molecule has 2 aromatic heterocycles. The monoisotopic (exact) mass is 305 g/mol. The minimum atomic E-state index is -0.461. The zero-order valence-electron chi connectivity index (χ0n) is 11.5. The second kappa shape index (κ2) is 5.25. The van der Waals surface area contributed by atoms with E-state index in [0.717, 1.165) is 12.8 Å². The Morgan fingerprint density at radius 2 is 2.24 bits per heavy atom. The number of esters is 1. The molecule has 1 fully saturated rings. The van der Waals surface area contributed by atoms with Gasteiger partial charge >= 0.3 is 5.97 Å². The summed E-state index contributed by atoms with van der Waals surface area (Å²) in [6, 6.07) is 3.69. The number of thiophene rings is 1. The molecule has 3 N–H and O–H groups in total. The molecular formula is C14H15N3O3S. The van der Waals surface area contributed by atoms with Crippen molar-refractivity contribution in [1.82, 2.24) is 4.57 Å². The summed E-state index contributed by atoms with van der Waals surface area (Å²) < 4.78 is 6.59. The highest BCUT2D eigenvalue weighted by Crippen LogP contribution is 2.37. The minimum Gasteiger partial charge on any atom is -0.465 e. The van der Waals surface area contributed by atoms with Crippen molar-refractivity contribution in [2.45, 2.75) is 18.9 Å². The summed E-state index contributed by atoms with van der Waals surface area (Å²) in [7, 11) is 1.31. The molecule has 2 heterocycles. The summed E-state index contributed by atoms with van der Waals surface area (Å²) >= 11 is 1.23. The summed E-state index contributed by atoms with van der Waals surface area (Å²) in [4.78, 5) is 24.4. The summed E-state index contributed by atoms with van der Waals surface area (Å²) in [5.74, 6) is -0.737. The van der Waals surface area contributed by atoms with Gasteiger partial charge in [-0.25, -0.2) is 4.79 Å². The highest BCUT2D eigenvalue weighted by molar-refractivity contribution is 7.12. The Bertz CT molecular complexity index is 700. The predicted octanol–water partition coefficient (Wildman–Crippen LogP) is 2.51. The van der Waals surface area contributed by atoms with E-state index in [2.05, 4.69) is 5.32 Å². The fourth-order valence-electron chi connectivity index (χ4n) is 2.18. The lowest BCUT2D eigenvalue weighted by atomic mass is 10.3. The Kier molecular flexibility index (Phi) is 3.42. The van der Waals surface area contributed by atoms with Crippen molar-refractivity contribution >= 4 is 34.6 Å². The lowest BCUT2D eigenvalue weighted by Crippen LogP contribution is -2.17. The topological polar surface area (TPSA) is 86.3 Å². The smallest absolute Gasteiger partial charge is 0.350 e. The van der Waals surface area contributed by atoms with Crippen LogP contribution in [0.3, 0.4) is 0 Å². The van der Waals surface area contributed by atoms with Gasteiger partial charge in [-0.2, -0.15) is 0 Å². The first-order valence-corrected chi connectivity index (χ1v) is 7.42. The largest absolute Gasteiger partial charge is 0.465 e. The van der Waals surface area contributed by atoms with E-state index >= 15 is 0 Å². The van der Waals surface area contributed by atoms with E-state index in [1.54, 1.807) is 23.7 Å². The summed E-state index contributed by atoms with van der Waals surface area (Å²) in [6.45, 7) is 0. The van der Waals surface area contributed by atoms with Gasteiger partial charge in [0.05, 0.1) is 18.5 Å². The molecule has 1 aliphatic rings. The zero-order chi connectivity index (χ0) is 15.0. The molecule has 1 saturated carbocycles. The molecule has 0 aliphatic heterocycles. The number of methoxy groups -OCH3 is 1. The number of carbonyl (C=O) groups excluding carboxylic acids is 2. The van der Waals surface area contributed by atoms with Crippen molar-refractivity contribution in [3.63, 3.8) is 0 Å². The van der Waals surface area contributed by atoms with Gasteiger partial charge in [-0.15, -0.1) is 11.3 Å². The minimum absolute atomic E-state index is 0.276. The predicted molar refractivity (Wildman–Crippen MR) is 80.7 cm³/mol. The first-order valence-electron chi connectivity index (χ1n) is 6.54. The third-order valence-corrected chi connectivity index (χ3v) is 4.22. The third kappa shape index (κ3) is 2.64. The number of aromatic nitrogens is 1. The van der Waals surface area contributed by atoms with Crippen LogP contribution in [-0.2, 0) is 4.74 Å². The van der Waals surface area contributed by atoms with Gasteiger partial charge < -0.3 is 20.4 Å². The van der Waals surface area contributed by atoms with E-state index < -0.39 is 5.97 Å². The number of nitrogens with one attached hydrogen (secondary N) is 1. The molecule has 0 unspecified atom stereocenters. The van der Waals surface area contributed by atoms with Crippen LogP contribution in [0.2, 0.25) is 0 Å². The molecule has 0 atom stereocenters. The first-order chi connectivity index (χ1) is 10.1. The highest BCUT2D eigenvalue weighted by atomic mass is 32.1. The Morgan fingerprint density at radius 3 is 2.90 bits per heavy atom. The molecular weight excluding hydrogens is 290 g/mol. The molecule has 0 radical (unpaired) electrons. The van der Waals surface area contributed by atoms with E-state index in [9.17, 15) is 9.59 Å². The molecule has 0 spiro atoms. The van der Waals surface area contributed by atoms with E-state index in [1.807, 2.05) is 4.57 Å². The number of amides is 1. The van der Waals surface area contributed by atoms with E-state index in [0.29, 0.717) is 28.0 Å². The SMILES string of the molecule is COC(=O)c1sccc1NC(=O)c1cc(N)cn1C1CC1. The number of anilines is 2. The number of hydrogen-bond acceptors (Lipinski definition) is 5. The van der Waals surface area contributed by atoms with Crippen LogP contribution in [0.5, 0.6) is 0 Å². The number of nitrogen functional groups attached to an aromatic ring is 1. The number of carbonyl (C=O) groups is 2. The molecule has 0 saturated heterocycles. The maximum Gasteiger partial charge on any atom is 0.350 e. The van der Waals surface area contributed by atoms with Crippen molar-refractivity contribution in [3.8, 4) is 0 Å². The summed E-state index contributed by atoms with van der Waals surface area (Å²) in [6.07, 6.45) is 3.89. The lowest BCUT2D eigenvalue weighted by Gasteiger charge is -2.08. The normalized spacial score (nSPS) is 14.0. The van der Waals surface area contributed by atoms with Gasteiger partial charge in [0.1, 0.15) is 10.6 Å². The Morgan fingerprint density at radius 1 is 1.48 bits per heavy atom. The zero-order valence-corrected chi connectivity index (χ0v) is 12.3. The molecule has 0 bridgehead atoms. The van der Waals surface area contributed by atoms with Gasteiger partial charge in [-0.3, -0.25) is 4.79 Å². The van der Waals surface area contributed by atoms with Gasteiger partial charge in [0, 0.05) is 12.2 Å². The lowest BCUT2D eigenvalue weighted by molar-refractivity contribution is 0.0607. The first kappa shape index (κ1) is 13.7. The van der Waals surface area contributed by atoms with Gasteiger partial charge in [0.2, 0.25) is 0 Å². The second-order valence-electron chi connectivity index (χ2n) is 4.91. The maximum absolute atomic E-state index is 12.4. The number of nitrogens with two attached hydrogens (primary N) is 1. The van der Waals surface area contributed by atoms with Crippen molar-refractivity contribution in [2.75, 3.05) is 18.2 Å². The molecule has 1 amide bonds. The number of ether oxygens (including phenoxy) is 1. The quantitative estimate of drug-likeness (QED) is 0.850. The standard InChI is InChI=1S/C14H15N3O3S/c1-20-14(19)12-10(4-5-21-12)16-13(18)11-6-8(15)7-17(11)9-2-3-9/h4-7,9H,2-3,15H2,1H3,(H,16,18). The van der Waals surface area contributed by atoms with Crippen LogP contribution < -0.4 is 11.1 Å². The van der Waals surface area contributed by atoms with Crippen LogP contribution in [0, 0.1) is 0 Å². The molecule has 7 heteroatoms. The summed E-state index contributed by atoms with van der Waals surface area (Å²) in [5, 5.41) is 4.48. The molecule has 2 aromatic rings. The molecule has 0 aromatic carbocycles. The summed E-state index contributed by atoms with van der Waals surface area (Å²) in [5.41, 5.74) is 7.31. The van der Waals surface area contributed by atoms with Crippen LogP contribution in [0.4, 0.5) is 11.4 Å². The van der Waals surface area contributed by atoms with Crippen molar-refractivity contribution < 1.29 is 14.3 Å². The molecule has 21 heavy (non-hydrogen) atoms. The van der Waals surface area contributed by atoms with Crippen LogP contribution in [0.1, 0.15) is 39.0 Å². The van der Waals surface area contributed by atoms with Gasteiger partial charge in [0.15, 0.2) is 0 Å². The third-order valence-electron chi connectivity index (χ3n) is 3.33. The molecule has 1 aliphatic carbocycles. The number of nitrogens with zero attached hydrogens (tertiary/aromatic N) is 1. The average Bonchev–Trinajstić information content (AvgIpc) is 3.09. The van der Waals surface area contributed by atoms with Crippen molar-refractivity contribution in [3.05, 3.63) is 34.3 Å². The fourth-order valence-corrected chi connectivity index (χ4v) is 2.95. The molecule has 110 valence electrons. The fraction of sp³-hybridized carbons (Fsp3) is 0.286. The maximum atomic E-state index is 12.4. The Labute approximate surface area is 125 Å². The van der Waals surface area contributed by atoms with Crippen LogP contribution in [0.25, 0.3) is 0 Å². The number of hydrogen-bond donors (Lipinski definition) is 2. The van der Waals surface area contributed by atoms with Crippen LogP contribution >= 0.6 is 11.3 Å². The molecule has 6 nitrogen and oxygen atoms in total. The Hall–Kier alpha value is -2.28.